The lowest BCUT2D eigenvalue weighted by Crippen LogP contribution is -2.05. The van der Waals surface area contributed by atoms with Gasteiger partial charge in [0.05, 0.1) is 16.6 Å². The Labute approximate surface area is 107 Å². The molecule has 0 aliphatic rings. The Hall–Kier alpha value is -2.82. The minimum Gasteiger partial charge on any atom is -0.504 e. The molecule has 0 bridgehead atoms. The highest BCUT2D eigenvalue weighted by Gasteiger charge is 2.14. The van der Waals surface area contributed by atoms with Gasteiger partial charge in [0.15, 0.2) is 11.3 Å². The van der Waals surface area contributed by atoms with Crippen LogP contribution in [0.5, 0.6) is 11.5 Å². The summed E-state index contributed by atoms with van der Waals surface area (Å²) in [6.45, 7) is 0. The van der Waals surface area contributed by atoms with Gasteiger partial charge in [-0.15, -0.1) is 0 Å². The van der Waals surface area contributed by atoms with Crippen molar-refractivity contribution in [3.05, 3.63) is 53.0 Å². The number of hydrogen-bond acceptors (Lipinski definition) is 5. The number of nitrogens with zero attached hydrogens (tertiary/aromatic N) is 1. The molecular formula is C14H9NO4. The van der Waals surface area contributed by atoms with Gasteiger partial charge < -0.3 is 14.6 Å². The smallest absolute Gasteiger partial charge is 0.202 e. The van der Waals surface area contributed by atoms with Crippen LogP contribution >= 0.6 is 0 Å². The topological polar surface area (TPSA) is 83.6 Å². The molecular weight excluding hydrogens is 246 g/mol. The number of phenols is 2. The van der Waals surface area contributed by atoms with Crippen molar-refractivity contribution in [1.29, 1.82) is 0 Å². The lowest BCUT2D eigenvalue weighted by molar-refractivity contribution is 0.399. The molecule has 0 saturated heterocycles. The first-order valence-electron chi connectivity index (χ1n) is 5.56. The summed E-state index contributed by atoms with van der Waals surface area (Å²) in [7, 11) is 0. The lowest BCUT2D eigenvalue weighted by Gasteiger charge is -2.04. The van der Waals surface area contributed by atoms with E-state index in [9.17, 15) is 15.0 Å². The zero-order chi connectivity index (χ0) is 13.4. The molecule has 1 aromatic carbocycles. The first-order valence-corrected chi connectivity index (χ1v) is 5.56. The Morgan fingerprint density at radius 3 is 2.68 bits per heavy atom. The van der Waals surface area contributed by atoms with Crippen LogP contribution in [0.3, 0.4) is 0 Å². The number of phenolic OH excluding ortho intramolecular Hbond substituents is 2. The summed E-state index contributed by atoms with van der Waals surface area (Å²) in [6, 6.07) is 7.86. The third-order valence-corrected chi connectivity index (χ3v) is 2.83. The van der Waals surface area contributed by atoms with E-state index in [-0.39, 0.29) is 22.1 Å². The van der Waals surface area contributed by atoms with Crippen molar-refractivity contribution in [3.8, 4) is 22.8 Å². The van der Waals surface area contributed by atoms with Gasteiger partial charge in [-0.3, -0.25) is 9.78 Å². The van der Waals surface area contributed by atoms with Crippen molar-refractivity contribution in [3.63, 3.8) is 0 Å². The summed E-state index contributed by atoms with van der Waals surface area (Å²) in [5.41, 5.74) is 0.448. The quantitative estimate of drug-likeness (QED) is 0.651. The highest BCUT2D eigenvalue weighted by molar-refractivity contribution is 5.87. The Kier molecular flexibility index (Phi) is 2.45. The molecule has 5 nitrogen and oxygen atoms in total. The van der Waals surface area contributed by atoms with Crippen LogP contribution < -0.4 is 5.43 Å². The monoisotopic (exact) mass is 255 g/mol. The summed E-state index contributed by atoms with van der Waals surface area (Å²) in [4.78, 5) is 16.4. The van der Waals surface area contributed by atoms with Crippen LogP contribution in [0.1, 0.15) is 0 Å². The van der Waals surface area contributed by atoms with Gasteiger partial charge in [-0.25, -0.2) is 0 Å². The van der Waals surface area contributed by atoms with Crippen molar-refractivity contribution in [2.75, 3.05) is 0 Å². The van der Waals surface area contributed by atoms with Crippen molar-refractivity contribution < 1.29 is 14.6 Å². The van der Waals surface area contributed by atoms with E-state index in [2.05, 4.69) is 4.98 Å². The van der Waals surface area contributed by atoms with Crippen molar-refractivity contribution in [2.45, 2.75) is 0 Å². The predicted octanol–water partition coefficient (Wildman–Crippen LogP) is 2.27. The van der Waals surface area contributed by atoms with Crippen LogP contribution in [0, 0.1) is 0 Å². The second-order valence-corrected chi connectivity index (χ2v) is 4.00. The minimum absolute atomic E-state index is 0.0373. The zero-order valence-electron chi connectivity index (χ0n) is 9.70. The summed E-state index contributed by atoms with van der Waals surface area (Å²) >= 11 is 0. The molecule has 2 N–H and O–H groups in total. The summed E-state index contributed by atoms with van der Waals surface area (Å²) < 4.78 is 5.24. The van der Waals surface area contributed by atoms with Crippen LogP contribution in [0.4, 0.5) is 0 Å². The molecule has 0 unspecified atom stereocenters. The van der Waals surface area contributed by atoms with Crippen LogP contribution in [0.15, 0.2) is 52.0 Å². The Morgan fingerprint density at radius 1 is 1.11 bits per heavy atom. The Balaban J connectivity index is 2.35. The molecule has 2 aromatic heterocycles. The first kappa shape index (κ1) is 11.3. The third kappa shape index (κ3) is 1.72. The fourth-order valence-corrected chi connectivity index (χ4v) is 1.87. The van der Waals surface area contributed by atoms with E-state index >= 15 is 0 Å². The van der Waals surface area contributed by atoms with Gasteiger partial charge in [0.25, 0.3) is 0 Å². The molecule has 3 aromatic rings. The fourth-order valence-electron chi connectivity index (χ4n) is 1.87. The van der Waals surface area contributed by atoms with E-state index in [0.29, 0.717) is 11.3 Å². The third-order valence-electron chi connectivity index (χ3n) is 2.83. The van der Waals surface area contributed by atoms with E-state index in [1.54, 1.807) is 24.4 Å². The normalized spacial score (nSPS) is 10.7. The molecule has 0 fully saturated rings. The number of pyridine rings is 1. The average molecular weight is 255 g/mol. The van der Waals surface area contributed by atoms with Gasteiger partial charge in [0.1, 0.15) is 6.26 Å². The predicted molar refractivity (Wildman–Crippen MR) is 69.0 cm³/mol. The van der Waals surface area contributed by atoms with Gasteiger partial charge in [0.2, 0.25) is 11.2 Å². The van der Waals surface area contributed by atoms with Crippen molar-refractivity contribution in [2.24, 2.45) is 0 Å². The molecule has 5 heteroatoms. The Bertz CT molecular complexity index is 809. The van der Waals surface area contributed by atoms with Crippen molar-refractivity contribution >= 4 is 11.0 Å². The maximum atomic E-state index is 12.3. The maximum absolute atomic E-state index is 12.3. The molecule has 0 saturated carbocycles. The number of fused-ring (bicyclic) bond motifs is 1. The maximum Gasteiger partial charge on any atom is 0.202 e. The number of aromatic hydroxyl groups is 2. The SMILES string of the molecule is O=c1c(-c2ccccn2)coc2c(O)c(O)ccc12. The molecule has 2 heterocycles. The van der Waals surface area contributed by atoms with Crippen LogP contribution in [-0.4, -0.2) is 15.2 Å². The molecule has 0 aliphatic heterocycles. The average Bonchev–Trinajstić information content (AvgIpc) is 2.44. The van der Waals surface area contributed by atoms with E-state index in [4.69, 9.17) is 4.42 Å². The van der Waals surface area contributed by atoms with E-state index < -0.39 is 5.75 Å². The standard InChI is InChI=1S/C14H9NO4/c16-11-5-4-8-12(17)9(7-19-14(8)13(11)18)10-3-1-2-6-15-10/h1-7,16,18H. The molecule has 3 rings (SSSR count). The summed E-state index contributed by atoms with van der Waals surface area (Å²) in [5.74, 6) is -0.775. The lowest BCUT2D eigenvalue weighted by atomic mass is 10.1. The molecule has 0 amide bonds. The van der Waals surface area contributed by atoms with Crippen LogP contribution in [0.25, 0.3) is 22.2 Å². The highest BCUT2D eigenvalue weighted by atomic mass is 16.4. The fraction of sp³-hybridized carbons (Fsp3) is 0. The number of rotatable bonds is 1. The molecule has 0 aliphatic carbocycles. The van der Waals surface area contributed by atoms with Crippen molar-refractivity contribution in [1.82, 2.24) is 4.98 Å². The Morgan fingerprint density at radius 2 is 1.95 bits per heavy atom. The molecule has 0 atom stereocenters. The van der Waals surface area contributed by atoms with Gasteiger partial charge in [-0.05, 0) is 24.3 Å². The summed E-state index contributed by atoms with van der Waals surface area (Å²) in [5, 5.41) is 19.2. The van der Waals surface area contributed by atoms with Crippen LogP contribution in [-0.2, 0) is 0 Å². The van der Waals surface area contributed by atoms with E-state index in [1.165, 1.54) is 18.4 Å². The highest BCUT2D eigenvalue weighted by Crippen LogP contribution is 2.32. The second-order valence-electron chi connectivity index (χ2n) is 4.00. The van der Waals surface area contributed by atoms with Gasteiger partial charge in [-0.2, -0.15) is 0 Å². The summed E-state index contributed by atoms with van der Waals surface area (Å²) in [6.07, 6.45) is 2.80. The largest absolute Gasteiger partial charge is 0.504 e. The second kappa shape index (κ2) is 4.13. The zero-order valence-corrected chi connectivity index (χ0v) is 9.70. The van der Waals surface area contributed by atoms with E-state index in [0.717, 1.165) is 0 Å². The first-order chi connectivity index (χ1) is 9.18. The molecule has 0 radical (unpaired) electrons. The van der Waals surface area contributed by atoms with Gasteiger partial charge in [0, 0.05) is 6.20 Å². The van der Waals surface area contributed by atoms with Gasteiger partial charge >= 0.3 is 0 Å². The van der Waals surface area contributed by atoms with E-state index in [1.807, 2.05) is 0 Å². The number of benzene rings is 1. The molecule has 94 valence electrons. The molecule has 0 spiro atoms. The minimum atomic E-state index is -0.442. The number of aromatic nitrogens is 1. The number of hydrogen-bond donors (Lipinski definition) is 2. The van der Waals surface area contributed by atoms with Crippen LogP contribution in [0.2, 0.25) is 0 Å². The molecule has 19 heavy (non-hydrogen) atoms. The van der Waals surface area contributed by atoms with Gasteiger partial charge in [-0.1, -0.05) is 6.07 Å².